The lowest BCUT2D eigenvalue weighted by Gasteiger charge is -2.37. The van der Waals surface area contributed by atoms with Crippen LogP contribution in [-0.4, -0.2) is 9.97 Å². The minimum absolute atomic E-state index is 0.108. The number of rotatable bonds is 3. The first-order valence-corrected chi connectivity index (χ1v) is 8.88. The largest absolute Gasteiger partial charge is 0.416 e. The molecule has 1 unspecified atom stereocenters. The van der Waals surface area contributed by atoms with E-state index in [4.69, 9.17) is 0 Å². The third-order valence-corrected chi connectivity index (χ3v) is 4.80. The number of nitrogens with one attached hydrogen (secondary N) is 3. The van der Waals surface area contributed by atoms with Gasteiger partial charge in [0.25, 0.3) is 0 Å². The van der Waals surface area contributed by atoms with Crippen LogP contribution in [0.3, 0.4) is 0 Å². The summed E-state index contributed by atoms with van der Waals surface area (Å²) in [5, 5.41) is 7.36. The van der Waals surface area contributed by atoms with Crippen LogP contribution in [0.2, 0.25) is 0 Å². The fraction of sp³-hybridized carbons (Fsp3) is 0.105. The molecule has 0 bridgehead atoms. The standard InChI is InChI=1S/C19H14BrF3N4/c20-16-5-2-8-18(26-16,14-3-1-4-15-13(14)7-10-24-15)27-17-11-12(6-9-25-17)19(21,22)23/h1-11,24,26H,(H,25,27). The zero-order chi connectivity index (χ0) is 19.1. The minimum atomic E-state index is -4.44. The molecule has 138 valence electrons. The molecule has 0 spiro atoms. The molecule has 1 aliphatic heterocycles. The van der Waals surface area contributed by atoms with Crippen LogP contribution in [0.25, 0.3) is 10.9 Å². The Balaban J connectivity index is 1.83. The average Bonchev–Trinajstić information content (AvgIpc) is 3.10. The van der Waals surface area contributed by atoms with Gasteiger partial charge in [-0.1, -0.05) is 18.2 Å². The van der Waals surface area contributed by atoms with E-state index in [1.54, 1.807) is 0 Å². The van der Waals surface area contributed by atoms with Crippen molar-refractivity contribution in [1.29, 1.82) is 0 Å². The molecule has 0 radical (unpaired) electrons. The highest BCUT2D eigenvalue weighted by atomic mass is 79.9. The van der Waals surface area contributed by atoms with E-state index in [2.05, 4.69) is 36.5 Å². The molecule has 1 aromatic carbocycles. The van der Waals surface area contributed by atoms with Gasteiger partial charge in [0.05, 0.1) is 10.2 Å². The molecule has 27 heavy (non-hydrogen) atoms. The highest BCUT2D eigenvalue weighted by molar-refractivity contribution is 9.11. The van der Waals surface area contributed by atoms with Crippen molar-refractivity contribution in [3.8, 4) is 0 Å². The van der Waals surface area contributed by atoms with E-state index in [-0.39, 0.29) is 5.82 Å². The van der Waals surface area contributed by atoms with E-state index in [1.807, 2.05) is 48.7 Å². The molecule has 1 atom stereocenters. The summed E-state index contributed by atoms with van der Waals surface area (Å²) in [6.45, 7) is 0. The van der Waals surface area contributed by atoms with Crippen LogP contribution in [0.4, 0.5) is 19.0 Å². The van der Waals surface area contributed by atoms with Gasteiger partial charge in [-0.25, -0.2) is 4.98 Å². The molecular formula is C19H14BrF3N4. The van der Waals surface area contributed by atoms with E-state index < -0.39 is 17.4 Å². The van der Waals surface area contributed by atoms with Gasteiger partial charge in [-0.3, -0.25) is 0 Å². The third-order valence-electron chi connectivity index (χ3n) is 4.34. The Hall–Kier alpha value is -2.74. The number of benzene rings is 1. The highest BCUT2D eigenvalue weighted by Gasteiger charge is 2.35. The molecule has 2 aromatic heterocycles. The summed E-state index contributed by atoms with van der Waals surface area (Å²) in [5.74, 6) is 0.108. The van der Waals surface area contributed by atoms with Crippen molar-refractivity contribution in [2.75, 3.05) is 5.32 Å². The molecule has 4 nitrogen and oxygen atoms in total. The van der Waals surface area contributed by atoms with Gasteiger partial charge in [0.1, 0.15) is 5.82 Å². The number of aromatic nitrogens is 2. The van der Waals surface area contributed by atoms with Crippen molar-refractivity contribution in [3.05, 3.63) is 82.8 Å². The number of dihydropyridines is 1. The van der Waals surface area contributed by atoms with E-state index in [9.17, 15) is 13.2 Å². The quantitative estimate of drug-likeness (QED) is 0.494. The van der Waals surface area contributed by atoms with Crippen LogP contribution in [0.15, 0.2) is 71.6 Å². The first-order valence-electron chi connectivity index (χ1n) is 8.09. The number of pyridine rings is 1. The molecule has 3 aromatic rings. The van der Waals surface area contributed by atoms with E-state index >= 15 is 0 Å². The molecule has 0 fully saturated rings. The first-order chi connectivity index (χ1) is 12.9. The van der Waals surface area contributed by atoms with Gasteiger partial charge < -0.3 is 15.6 Å². The second-order valence-electron chi connectivity index (χ2n) is 6.10. The van der Waals surface area contributed by atoms with Gasteiger partial charge in [0, 0.05) is 28.9 Å². The number of hydrogen-bond acceptors (Lipinski definition) is 3. The molecule has 8 heteroatoms. The lowest BCUT2D eigenvalue weighted by atomic mass is 9.93. The molecule has 3 N–H and O–H groups in total. The van der Waals surface area contributed by atoms with Crippen molar-refractivity contribution in [1.82, 2.24) is 15.3 Å². The van der Waals surface area contributed by atoms with Gasteiger partial charge in [0.2, 0.25) is 0 Å². The number of H-pyrrole nitrogens is 1. The maximum Gasteiger partial charge on any atom is 0.416 e. The average molecular weight is 435 g/mol. The minimum Gasteiger partial charge on any atom is -0.361 e. The van der Waals surface area contributed by atoms with Crippen molar-refractivity contribution in [3.63, 3.8) is 0 Å². The van der Waals surface area contributed by atoms with Crippen LogP contribution in [0, 0.1) is 0 Å². The Morgan fingerprint density at radius 2 is 2.00 bits per heavy atom. The number of alkyl halides is 3. The lowest BCUT2D eigenvalue weighted by molar-refractivity contribution is -0.137. The van der Waals surface area contributed by atoms with Crippen molar-refractivity contribution in [2.45, 2.75) is 11.8 Å². The number of nitrogens with zero attached hydrogens (tertiary/aromatic N) is 1. The molecule has 0 aliphatic carbocycles. The number of fused-ring (bicyclic) bond motifs is 1. The summed E-state index contributed by atoms with van der Waals surface area (Å²) in [4.78, 5) is 7.23. The number of halogens is 4. The number of aromatic amines is 1. The molecular weight excluding hydrogens is 421 g/mol. The van der Waals surface area contributed by atoms with E-state index in [0.29, 0.717) is 4.61 Å². The molecule has 0 saturated heterocycles. The smallest absolute Gasteiger partial charge is 0.361 e. The summed E-state index contributed by atoms with van der Waals surface area (Å²) in [7, 11) is 0. The van der Waals surface area contributed by atoms with Crippen molar-refractivity contribution in [2.24, 2.45) is 0 Å². The molecule has 0 saturated carbocycles. The summed E-state index contributed by atoms with van der Waals surface area (Å²) < 4.78 is 40.0. The Kier molecular flexibility index (Phi) is 4.22. The third kappa shape index (κ3) is 3.32. The number of anilines is 1. The van der Waals surface area contributed by atoms with Crippen molar-refractivity contribution < 1.29 is 13.2 Å². The van der Waals surface area contributed by atoms with Gasteiger partial charge in [0.15, 0.2) is 5.66 Å². The molecule has 3 heterocycles. The summed E-state index contributed by atoms with van der Waals surface area (Å²) >= 11 is 3.43. The predicted octanol–water partition coefficient (Wildman–Crippen LogP) is 5.24. The Labute approximate surface area is 161 Å². The normalized spacial score (nSPS) is 19.6. The van der Waals surface area contributed by atoms with Crippen LogP contribution < -0.4 is 10.6 Å². The van der Waals surface area contributed by atoms with Gasteiger partial charge in [-0.05, 0) is 52.3 Å². The monoisotopic (exact) mass is 434 g/mol. The maximum atomic E-state index is 13.1. The number of hydrogen-bond donors (Lipinski definition) is 3. The highest BCUT2D eigenvalue weighted by Crippen LogP contribution is 2.35. The van der Waals surface area contributed by atoms with Gasteiger partial charge >= 0.3 is 6.18 Å². The zero-order valence-electron chi connectivity index (χ0n) is 13.8. The SMILES string of the molecule is FC(F)(F)c1ccnc(NC2(c3cccc4[nH]ccc34)C=CC=C(Br)N2)c1. The fourth-order valence-corrected chi connectivity index (χ4v) is 3.62. The summed E-state index contributed by atoms with van der Waals surface area (Å²) in [5.41, 5.74) is 0.0321. The summed E-state index contributed by atoms with van der Waals surface area (Å²) in [6, 6.07) is 9.62. The van der Waals surface area contributed by atoms with E-state index in [1.165, 1.54) is 0 Å². The first kappa shape index (κ1) is 17.7. The number of allylic oxidation sites excluding steroid dienone is 2. The Morgan fingerprint density at radius 1 is 1.15 bits per heavy atom. The van der Waals surface area contributed by atoms with Gasteiger partial charge in [-0.15, -0.1) is 0 Å². The van der Waals surface area contributed by atoms with Crippen LogP contribution >= 0.6 is 15.9 Å². The van der Waals surface area contributed by atoms with Crippen LogP contribution in [0.1, 0.15) is 11.1 Å². The van der Waals surface area contributed by atoms with Crippen LogP contribution in [0.5, 0.6) is 0 Å². The van der Waals surface area contributed by atoms with Crippen molar-refractivity contribution >= 4 is 32.7 Å². The van der Waals surface area contributed by atoms with E-state index in [0.717, 1.165) is 34.8 Å². The Bertz CT molecular complexity index is 1050. The second-order valence-corrected chi connectivity index (χ2v) is 6.96. The van der Waals surface area contributed by atoms with Crippen LogP contribution in [-0.2, 0) is 11.8 Å². The lowest BCUT2D eigenvalue weighted by Crippen LogP contribution is -2.47. The molecule has 4 rings (SSSR count). The molecule has 1 aliphatic rings. The molecule has 0 amide bonds. The topological polar surface area (TPSA) is 52.7 Å². The Morgan fingerprint density at radius 3 is 2.78 bits per heavy atom. The maximum absolute atomic E-state index is 13.1. The fourth-order valence-electron chi connectivity index (χ4n) is 3.15. The summed E-state index contributed by atoms with van der Waals surface area (Å²) in [6.07, 6.45) is 4.02. The predicted molar refractivity (Wildman–Crippen MR) is 102 cm³/mol. The van der Waals surface area contributed by atoms with Gasteiger partial charge in [-0.2, -0.15) is 13.2 Å². The zero-order valence-corrected chi connectivity index (χ0v) is 15.4. The second kappa shape index (κ2) is 6.45.